The maximum atomic E-state index is 6.02. The Hall–Kier alpha value is -1.36. The van der Waals surface area contributed by atoms with E-state index in [2.05, 4.69) is 15.3 Å². The summed E-state index contributed by atoms with van der Waals surface area (Å²) >= 11 is 0. The molecule has 0 radical (unpaired) electrons. The van der Waals surface area contributed by atoms with Crippen LogP contribution in [0.15, 0.2) is 12.4 Å². The first-order valence-electron chi connectivity index (χ1n) is 6.24. The quantitative estimate of drug-likeness (QED) is 0.808. The Balaban J connectivity index is 1.87. The Labute approximate surface area is 102 Å². The zero-order chi connectivity index (χ0) is 12.1. The molecule has 94 valence electrons. The van der Waals surface area contributed by atoms with Gasteiger partial charge < -0.3 is 15.8 Å². The summed E-state index contributed by atoms with van der Waals surface area (Å²) in [5, 5.41) is 3.30. The molecule has 0 saturated heterocycles. The van der Waals surface area contributed by atoms with Gasteiger partial charge in [-0.2, -0.15) is 0 Å². The SMILES string of the molecule is CCOc1cc(NCC2CCCC2N)ncn1. The van der Waals surface area contributed by atoms with Gasteiger partial charge in [-0.1, -0.05) is 6.42 Å². The van der Waals surface area contributed by atoms with Gasteiger partial charge in [-0.3, -0.25) is 0 Å². The molecule has 0 amide bonds. The van der Waals surface area contributed by atoms with Gasteiger partial charge in [0.2, 0.25) is 5.88 Å². The molecule has 2 unspecified atom stereocenters. The van der Waals surface area contributed by atoms with Gasteiger partial charge in [-0.25, -0.2) is 9.97 Å². The zero-order valence-electron chi connectivity index (χ0n) is 10.2. The second-order valence-corrected chi connectivity index (χ2v) is 4.41. The fourth-order valence-corrected chi connectivity index (χ4v) is 2.22. The van der Waals surface area contributed by atoms with Crippen LogP contribution in [-0.2, 0) is 0 Å². The summed E-state index contributed by atoms with van der Waals surface area (Å²) in [4.78, 5) is 8.19. The summed E-state index contributed by atoms with van der Waals surface area (Å²) in [5.41, 5.74) is 6.02. The lowest BCUT2D eigenvalue weighted by atomic mass is 10.1. The number of hydrogen-bond donors (Lipinski definition) is 2. The third kappa shape index (κ3) is 3.30. The van der Waals surface area contributed by atoms with Crippen LogP contribution in [0.4, 0.5) is 5.82 Å². The summed E-state index contributed by atoms with van der Waals surface area (Å²) < 4.78 is 5.32. The third-order valence-electron chi connectivity index (χ3n) is 3.20. The van der Waals surface area contributed by atoms with Crippen LogP contribution < -0.4 is 15.8 Å². The monoisotopic (exact) mass is 236 g/mol. The maximum Gasteiger partial charge on any atom is 0.218 e. The molecule has 5 heteroatoms. The number of ether oxygens (including phenoxy) is 1. The van der Waals surface area contributed by atoms with Crippen molar-refractivity contribution in [1.82, 2.24) is 9.97 Å². The van der Waals surface area contributed by atoms with Gasteiger partial charge in [0.15, 0.2) is 0 Å². The highest BCUT2D eigenvalue weighted by molar-refractivity contribution is 5.37. The van der Waals surface area contributed by atoms with Gasteiger partial charge in [-0.15, -0.1) is 0 Å². The highest BCUT2D eigenvalue weighted by Gasteiger charge is 2.23. The van der Waals surface area contributed by atoms with Gasteiger partial charge in [0.05, 0.1) is 6.61 Å². The number of nitrogens with zero attached hydrogens (tertiary/aromatic N) is 2. The minimum absolute atomic E-state index is 0.329. The lowest BCUT2D eigenvalue weighted by Crippen LogP contribution is -2.29. The number of anilines is 1. The van der Waals surface area contributed by atoms with Gasteiger partial charge in [-0.05, 0) is 25.7 Å². The van der Waals surface area contributed by atoms with E-state index in [0.717, 1.165) is 18.8 Å². The Morgan fingerprint density at radius 3 is 3.06 bits per heavy atom. The van der Waals surface area contributed by atoms with E-state index in [-0.39, 0.29) is 0 Å². The normalized spacial score (nSPS) is 23.6. The van der Waals surface area contributed by atoms with Crippen molar-refractivity contribution in [2.75, 3.05) is 18.5 Å². The van der Waals surface area contributed by atoms with Crippen molar-refractivity contribution in [2.24, 2.45) is 11.7 Å². The molecule has 3 N–H and O–H groups in total. The van der Waals surface area contributed by atoms with Crippen molar-refractivity contribution in [2.45, 2.75) is 32.2 Å². The molecule has 0 aromatic carbocycles. The van der Waals surface area contributed by atoms with Crippen LogP contribution in [0.5, 0.6) is 5.88 Å². The van der Waals surface area contributed by atoms with E-state index in [0.29, 0.717) is 24.4 Å². The smallest absolute Gasteiger partial charge is 0.218 e. The zero-order valence-corrected chi connectivity index (χ0v) is 10.2. The standard InChI is InChI=1S/C12H20N4O/c1-2-17-12-6-11(15-8-16-12)14-7-9-4-3-5-10(9)13/h6,8-10H,2-5,7,13H2,1H3,(H,14,15,16). The predicted octanol–water partition coefficient (Wildman–Crippen LogP) is 1.41. The van der Waals surface area contributed by atoms with Crippen LogP contribution in [0.3, 0.4) is 0 Å². The Morgan fingerprint density at radius 2 is 2.35 bits per heavy atom. The summed E-state index contributed by atoms with van der Waals surface area (Å²) in [7, 11) is 0. The molecule has 17 heavy (non-hydrogen) atoms. The third-order valence-corrected chi connectivity index (χ3v) is 3.20. The average Bonchev–Trinajstić information content (AvgIpc) is 2.73. The molecular formula is C12H20N4O. The first-order valence-corrected chi connectivity index (χ1v) is 6.24. The van der Waals surface area contributed by atoms with Crippen LogP contribution >= 0.6 is 0 Å². The molecule has 5 nitrogen and oxygen atoms in total. The molecule has 1 heterocycles. The first kappa shape index (κ1) is 12.1. The number of rotatable bonds is 5. The van der Waals surface area contributed by atoms with Crippen molar-refractivity contribution < 1.29 is 4.74 Å². The molecule has 0 spiro atoms. The minimum Gasteiger partial charge on any atom is -0.478 e. The second-order valence-electron chi connectivity index (χ2n) is 4.41. The molecule has 0 bridgehead atoms. The molecule has 2 rings (SSSR count). The van der Waals surface area contributed by atoms with E-state index in [1.807, 2.05) is 13.0 Å². The van der Waals surface area contributed by atoms with E-state index in [4.69, 9.17) is 10.5 Å². The first-order chi connectivity index (χ1) is 8.29. The molecule has 1 fully saturated rings. The van der Waals surface area contributed by atoms with Crippen molar-refractivity contribution in [3.05, 3.63) is 12.4 Å². The largest absolute Gasteiger partial charge is 0.478 e. The van der Waals surface area contributed by atoms with E-state index in [1.54, 1.807) is 0 Å². The Morgan fingerprint density at radius 1 is 1.47 bits per heavy atom. The van der Waals surface area contributed by atoms with Crippen LogP contribution in [0, 0.1) is 5.92 Å². The lowest BCUT2D eigenvalue weighted by molar-refractivity contribution is 0.326. The van der Waals surface area contributed by atoms with Gasteiger partial charge in [0, 0.05) is 18.7 Å². The minimum atomic E-state index is 0.329. The molecular weight excluding hydrogens is 216 g/mol. The van der Waals surface area contributed by atoms with Gasteiger partial charge in [0.1, 0.15) is 12.1 Å². The van der Waals surface area contributed by atoms with Crippen molar-refractivity contribution in [3.8, 4) is 5.88 Å². The summed E-state index contributed by atoms with van der Waals surface area (Å²) in [6, 6.07) is 2.15. The van der Waals surface area contributed by atoms with Crippen molar-refractivity contribution in [3.63, 3.8) is 0 Å². The van der Waals surface area contributed by atoms with E-state index < -0.39 is 0 Å². The lowest BCUT2D eigenvalue weighted by Gasteiger charge is -2.16. The second kappa shape index (κ2) is 5.82. The van der Waals surface area contributed by atoms with Crippen LogP contribution in [0.25, 0.3) is 0 Å². The van der Waals surface area contributed by atoms with Gasteiger partial charge >= 0.3 is 0 Å². The highest BCUT2D eigenvalue weighted by Crippen LogP contribution is 2.24. The van der Waals surface area contributed by atoms with Gasteiger partial charge in [0.25, 0.3) is 0 Å². The van der Waals surface area contributed by atoms with E-state index in [9.17, 15) is 0 Å². The summed E-state index contributed by atoms with van der Waals surface area (Å²) in [5.74, 6) is 1.98. The molecule has 2 atom stereocenters. The van der Waals surface area contributed by atoms with Crippen LogP contribution in [0.2, 0.25) is 0 Å². The number of aromatic nitrogens is 2. The fraction of sp³-hybridized carbons (Fsp3) is 0.667. The predicted molar refractivity (Wildman–Crippen MR) is 67.0 cm³/mol. The summed E-state index contributed by atoms with van der Waals surface area (Å²) in [6.45, 7) is 3.43. The topological polar surface area (TPSA) is 73.1 Å². The van der Waals surface area contributed by atoms with E-state index in [1.165, 1.54) is 19.2 Å². The van der Waals surface area contributed by atoms with Crippen LogP contribution in [0.1, 0.15) is 26.2 Å². The molecule has 1 aliphatic carbocycles. The van der Waals surface area contributed by atoms with Crippen LogP contribution in [-0.4, -0.2) is 29.2 Å². The molecule has 1 aromatic rings. The molecule has 1 saturated carbocycles. The average molecular weight is 236 g/mol. The Bertz CT molecular complexity index is 358. The molecule has 1 aromatic heterocycles. The summed E-state index contributed by atoms with van der Waals surface area (Å²) in [6.07, 6.45) is 5.10. The van der Waals surface area contributed by atoms with E-state index >= 15 is 0 Å². The maximum absolute atomic E-state index is 6.02. The highest BCUT2D eigenvalue weighted by atomic mass is 16.5. The Kier molecular flexibility index (Phi) is 4.14. The fourth-order valence-electron chi connectivity index (χ4n) is 2.22. The molecule has 0 aliphatic heterocycles. The number of nitrogens with one attached hydrogen (secondary N) is 1. The number of hydrogen-bond acceptors (Lipinski definition) is 5. The van der Waals surface area contributed by atoms with Crippen molar-refractivity contribution >= 4 is 5.82 Å². The number of nitrogens with two attached hydrogens (primary N) is 1. The van der Waals surface area contributed by atoms with Crippen molar-refractivity contribution in [1.29, 1.82) is 0 Å². The molecule has 1 aliphatic rings.